The van der Waals surface area contributed by atoms with Gasteiger partial charge in [-0.2, -0.15) is 26.3 Å². The van der Waals surface area contributed by atoms with Crippen LogP contribution >= 0.6 is 0 Å². The van der Waals surface area contributed by atoms with Gasteiger partial charge in [-0.05, 0) is 24.6 Å². The van der Waals surface area contributed by atoms with Crippen LogP contribution in [0.3, 0.4) is 0 Å². The third-order valence-corrected chi connectivity index (χ3v) is 2.48. The highest BCUT2D eigenvalue weighted by molar-refractivity contribution is 5.97. The minimum absolute atomic E-state index is 0.120. The minimum atomic E-state index is -5.08. The van der Waals surface area contributed by atoms with Crippen LogP contribution in [0.5, 0.6) is 0 Å². The number of rotatable bonds is 3. The zero-order valence-corrected chi connectivity index (χ0v) is 11.1. The fourth-order valence-electron chi connectivity index (χ4n) is 1.49. The van der Waals surface area contributed by atoms with Crippen molar-refractivity contribution in [1.82, 2.24) is 0 Å². The predicted molar refractivity (Wildman–Crippen MR) is 61.8 cm³/mol. The summed E-state index contributed by atoms with van der Waals surface area (Å²) in [6, 6.07) is 0.290. The molecule has 0 aliphatic carbocycles. The molecule has 1 rings (SSSR count). The molecule has 0 N–H and O–H groups in total. The average molecular weight is 328 g/mol. The molecule has 0 bridgehead atoms. The molecule has 0 spiro atoms. The first kappa shape index (κ1) is 18.0. The van der Waals surface area contributed by atoms with Crippen molar-refractivity contribution < 1.29 is 40.7 Å². The summed E-state index contributed by atoms with van der Waals surface area (Å²) < 4.78 is 79.8. The first-order valence-electron chi connectivity index (χ1n) is 5.99. The van der Waals surface area contributed by atoms with E-state index in [0.29, 0.717) is 6.42 Å². The first-order chi connectivity index (χ1) is 9.95. The van der Waals surface area contributed by atoms with Gasteiger partial charge in [0.05, 0.1) is 16.7 Å². The maximum absolute atomic E-state index is 12.6. The van der Waals surface area contributed by atoms with Crippen molar-refractivity contribution >= 4 is 11.9 Å². The van der Waals surface area contributed by atoms with Gasteiger partial charge in [-0.15, -0.1) is 0 Å². The van der Waals surface area contributed by atoms with Crippen molar-refractivity contribution in [1.29, 1.82) is 0 Å². The summed E-state index contributed by atoms with van der Waals surface area (Å²) in [5.41, 5.74) is -4.30. The highest BCUT2D eigenvalue weighted by Crippen LogP contribution is 2.36. The molecule has 0 aliphatic heterocycles. The van der Waals surface area contributed by atoms with Crippen LogP contribution in [-0.4, -0.2) is 11.9 Å². The number of esters is 2. The summed E-state index contributed by atoms with van der Waals surface area (Å²) in [5, 5.41) is 0. The lowest BCUT2D eigenvalue weighted by atomic mass is 10.0. The highest BCUT2D eigenvalue weighted by Gasteiger charge is 2.37. The molecular weight excluding hydrogens is 318 g/mol. The van der Waals surface area contributed by atoms with E-state index in [0.717, 1.165) is 0 Å². The zero-order valence-electron chi connectivity index (χ0n) is 11.1. The minimum Gasteiger partial charge on any atom is -0.389 e. The largest absolute Gasteiger partial charge is 0.416 e. The Kier molecular flexibility index (Phi) is 5.21. The molecular formula is C13H10F6O3. The lowest BCUT2D eigenvalue weighted by Gasteiger charge is -2.13. The van der Waals surface area contributed by atoms with E-state index in [1.54, 1.807) is 6.92 Å². The maximum atomic E-state index is 12.6. The Morgan fingerprint density at radius 1 is 0.955 bits per heavy atom. The molecule has 122 valence electrons. The van der Waals surface area contributed by atoms with Gasteiger partial charge < -0.3 is 4.74 Å². The molecule has 22 heavy (non-hydrogen) atoms. The van der Waals surface area contributed by atoms with Crippen LogP contribution < -0.4 is 0 Å². The van der Waals surface area contributed by atoms with Crippen molar-refractivity contribution in [2.45, 2.75) is 32.1 Å². The molecule has 0 saturated carbocycles. The first-order valence-corrected chi connectivity index (χ1v) is 5.99. The Balaban J connectivity index is 3.24. The number of benzene rings is 1. The van der Waals surface area contributed by atoms with E-state index in [9.17, 15) is 35.9 Å². The van der Waals surface area contributed by atoms with Gasteiger partial charge in [-0.25, -0.2) is 4.79 Å². The van der Waals surface area contributed by atoms with Crippen molar-refractivity contribution in [3.8, 4) is 0 Å². The lowest BCUT2D eigenvalue weighted by Crippen LogP contribution is -2.16. The third kappa shape index (κ3) is 4.74. The fourth-order valence-corrected chi connectivity index (χ4v) is 1.49. The number of hydrogen-bond acceptors (Lipinski definition) is 3. The van der Waals surface area contributed by atoms with Crippen LogP contribution in [0.4, 0.5) is 26.3 Å². The summed E-state index contributed by atoms with van der Waals surface area (Å²) in [6.07, 6.45) is -10.0. The molecule has 0 saturated heterocycles. The monoisotopic (exact) mass is 328 g/mol. The molecule has 1 aromatic rings. The standard InChI is InChI=1S/C13H10F6O3/c1-2-3-10(20)22-11(21)7-4-8(12(14,15)16)6-9(5-7)13(17,18)19/h4-6H,2-3H2,1H3. The third-order valence-electron chi connectivity index (χ3n) is 2.48. The number of hydrogen-bond donors (Lipinski definition) is 0. The van der Waals surface area contributed by atoms with Gasteiger partial charge in [0.1, 0.15) is 0 Å². The Hall–Kier alpha value is -2.06. The molecule has 0 amide bonds. The molecule has 0 atom stereocenters. The van der Waals surface area contributed by atoms with Crippen molar-refractivity contribution in [2.75, 3.05) is 0 Å². The number of ether oxygens (including phenoxy) is 1. The summed E-state index contributed by atoms with van der Waals surface area (Å²) in [5.74, 6) is -2.59. The van der Waals surface area contributed by atoms with Gasteiger partial charge in [-0.3, -0.25) is 4.79 Å². The molecule has 3 nitrogen and oxygen atoms in total. The molecule has 0 fully saturated rings. The summed E-state index contributed by atoms with van der Waals surface area (Å²) in [6.45, 7) is 1.58. The second-order valence-electron chi connectivity index (χ2n) is 4.31. The van der Waals surface area contributed by atoms with Crippen LogP contribution in [0, 0.1) is 0 Å². The molecule has 0 unspecified atom stereocenters. The Morgan fingerprint density at radius 3 is 1.77 bits per heavy atom. The Morgan fingerprint density at radius 2 is 1.41 bits per heavy atom. The van der Waals surface area contributed by atoms with Crippen LogP contribution in [0.2, 0.25) is 0 Å². The maximum Gasteiger partial charge on any atom is 0.416 e. The molecule has 0 radical (unpaired) electrons. The second-order valence-corrected chi connectivity index (χ2v) is 4.31. The van der Waals surface area contributed by atoms with Crippen LogP contribution in [0.25, 0.3) is 0 Å². The van der Waals surface area contributed by atoms with Gasteiger partial charge >= 0.3 is 24.3 Å². The zero-order chi connectivity index (χ0) is 17.1. The molecule has 1 aromatic carbocycles. The van der Waals surface area contributed by atoms with E-state index < -0.39 is 41.0 Å². The van der Waals surface area contributed by atoms with Crippen molar-refractivity contribution in [3.05, 3.63) is 34.9 Å². The Bertz CT molecular complexity index is 542. The molecule has 0 aromatic heterocycles. The topological polar surface area (TPSA) is 43.4 Å². The van der Waals surface area contributed by atoms with E-state index >= 15 is 0 Å². The van der Waals surface area contributed by atoms with Crippen molar-refractivity contribution in [3.63, 3.8) is 0 Å². The lowest BCUT2D eigenvalue weighted by molar-refractivity contribution is -0.143. The van der Waals surface area contributed by atoms with Crippen molar-refractivity contribution in [2.24, 2.45) is 0 Å². The van der Waals surface area contributed by atoms with Gasteiger partial charge in [0.25, 0.3) is 0 Å². The second kappa shape index (κ2) is 6.37. The molecule has 0 heterocycles. The summed E-state index contributed by atoms with van der Waals surface area (Å²) in [7, 11) is 0. The normalized spacial score (nSPS) is 12.1. The van der Waals surface area contributed by atoms with Crippen LogP contribution in [0.15, 0.2) is 18.2 Å². The van der Waals surface area contributed by atoms with Crippen LogP contribution in [-0.2, 0) is 21.9 Å². The quantitative estimate of drug-likeness (QED) is 0.474. The number of carbonyl (C=O) groups is 2. The SMILES string of the molecule is CCCC(=O)OC(=O)c1cc(C(F)(F)F)cc(C(F)(F)F)c1. The van der Waals surface area contributed by atoms with E-state index in [2.05, 4.69) is 4.74 Å². The van der Waals surface area contributed by atoms with Gasteiger partial charge in [-0.1, -0.05) is 6.92 Å². The summed E-state index contributed by atoms with van der Waals surface area (Å²) >= 11 is 0. The predicted octanol–water partition coefficient (Wildman–Crippen LogP) is 4.21. The molecule has 0 aliphatic rings. The highest BCUT2D eigenvalue weighted by atomic mass is 19.4. The van der Waals surface area contributed by atoms with E-state index in [1.165, 1.54) is 0 Å². The van der Waals surface area contributed by atoms with E-state index in [4.69, 9.17) is 0 Å². The van der Waals surface area contributed by atoms with Gasteiger partial charge in [0.2, 0.25) is 0 Å². The Labute approximate surface area is 120 Å². The average Bonchev–Trinajstić information content (AvgIpc) is 2.36. The number of carbonyl (C=O) groups excluding carboxylic acids is 2. The fraction of sp³-hybridized carbons (Fsp3) is 0.385. The van der Waals surface area contributed by atoms with Gasteiger partial charge in [0, 0.05) is 6.42 Å². The smallest absolute Gasteiger partial charge is 0.389 e. The van der Waals surface area contributed by atoms with E-state index in [1.807, 2.05) is 0 Å². The number of halogens is 6. The van der Waals surface area contributed by atoms with Crippen LogP contribution in [0.1, 0.15) is 41.3 Å². The number of alkyl halides is 6. The van der Waals surface area contributed by atoms with Gasteiger partial charge in [0.15, 0.2) is 0 Å². The molecule has 9 heteroatoms. The van der Waals surface area contributed by atoms with E-state index in [-0.39, 0.29) is 24.6 Å². The summed E-state index contributed by atoms with van der Waals surface area (Å²) in [4.78, 5) is 22.6.